The van der Waals surface area contributed by atoms with Gasteiger partial charge in [0.25, 0.3) is 0 Å². The number of carbonyl (C=O) groups is 1. The Bertz CT molecular complexity index is 655. The molecule has 6 nitrogen and oxygen atoms in total. The van der Waals surface area contributed by atoms with Crippen LogP contribution >= 0.6 is 0 Å². The molecule has 0 unspecified atom stereocenters. The third kappa shape index (κ3) is 3.47. The lowest BCUT2D eigenvalue weighted by Gasteiger charge is -2.09. The summed E-state index contributed by atoms with van der Waals surface area (Å²) in [5, 5.41) is 2.81. The van der Waals surface area contributed by atoms with Crippen LogP contribution in [-0.2, 0) is 21.2 Å². The fourth-order valence-corrected chi connectivity index (χ4v) is 4.48. The number of amides is 1. The van der Waals surface area contributed by atoms with Gasteiger partial charge < -0.3 is 14.8 Å². The minimum absolute atomic E-state index is 0.0493. The van der Waals surface area contributed by atoms with Crippen molar-refractivity contribution >= 4 is 15.7 Å². The highest BCUT2D eigenvalue weighted by atomic mass is 32.2. The monoisotopic (exact) mass is 311 g/mol. The standard InChI is InChI=1S/C14H17NO5S/c16-14(6-11-3-4-21(17,18)8-11)15-7-10-1-2-12-13(5-10)20-9-19-12/h1-2,5,11H,3-4,6-9H2,(H,15,16)/t11-/m1/s1. The van der Waals surface area contributed by atoms with E-state index in [4.69, 9.17) is 9.47 Å². The van der Waals surface area contributed by atoms with E-state index in [-0.39, 0.29) is 36.5 Å². The lowest BCUT2D eigenvalue weighted by atomic mass is 10.0. The maximum atomic E-state index is 11.9. The van der Waals surface area contributed by atoms with Gasteiger partial charge in [0.2, 0.25) is 12.7 Å². The minimum atomic E-state index is -2.93. The molecule has 3 rings (SSSR count). The van der Waals surface area contributed by atoms with E-state index in [0.29, 0.717) is 24.5 Å². The molecule has 0 bridgehead atoms. The van der Waals surface area contributed by atoms with Crippen LogP contribution < -0.4 is 14.8 Å². The maximum Gasteiger partial charge on any atom is 0.231 e. The highest BCUT2D eigenvalue weighted by Crippen LogP contribution is 2.32. The quantitative estimate of drug-likeness (QED) is 0.892. The van der Waals surface area contributed by atoms with E-state index in [0.717, 1.165) is 5.56 Å². The molecule has 0 radical (unpaired) electrons. The Morgan fingerprint density at radius 3 is 2.86 bits per heavy atom. The van der Waals surface area contributed by atoms with E-state index in [1.54, 1.807) is 0 Å². The van der Waals surface area contributed by atoms with Gasteiger partial charge in [0, 0.05) is 13.0 Å². The van der Waals surface area contributed by atoms with Gasteiger partial charge in [-0.25, -0.2) is 8.42 Å². The summed E-state index contributed by atoms with van der Waals surface area (Å²) in [6.45, 7) is 0.621. The van der Waals surface area contributed by atoms with Crippen LogP contribution in [-0.4, -0.2) is 32.6 Å². The van der Waals surface area contributed by atoms with Gasteiger partial charge in [0.1, 0.15) is 0 Å². The molecule has 1 saturated heterocycles. The first-order valence-electron chi connectivity index (χ1n) is 6.87. The van der Waals surface area contributed by atoms with Crippen molar-refractivity contribution in [3.8, 4) is 11.5 Å². The molecule has 7 heteroatoms. The van der Waals surface area contributed by atoms with Gasteiger partial charge in [-0.15, -0.1) is 0 Å². The second-order valence-corrected chi connectivity index (χ2v) is 7.67. The van der Waals surface area contributed by atoms with E-state index < -0.39 is 9.84 Å². The second kappa shape index (κ2) is 5.55. The summed E-state index contributed by atoms with van der Waals surface area (Å²) in [7, 11) is -2.93. The molecule has 114 valence electrons. The van der Waals surface area contributed by atoms with Crippen molar-refractivity contribution < 1.29 is 22.7 Å². The van der Waals surface area contributed by atoms with Gasteiger partial charge >= 0.3 is 0 Å². The molecule has 0 spiro atoms. The molecule has 2 heterocycles. The van der Waals surface area contributed by atoms with Gasteiger partial charge in [-0.05, 0) is 30.0 Å². The SMILES string of the molecule is O=C(C[C@H]1CCS(=O)(=O)C1)NCc1ccc2c(c1)OCO2. The smallest absolute Gasteiger partial charge is 0.231 e. The van der Waals surface area contributed by atoms with Crippen LogP contribution in [0, 0.1) is 5.92 Å². The van der Waals surface area contributed by atoms with Crippen LogP contribution in [0.25, 0.3) is 0 Å². The van der Waals surface area contributed by atoms with Crippen molar-refractivity contribution in [2.75, 3.05) is 18.3 Å². The first-order valence-corrected chi connectivity index (χ1v) is 8.70. The molecule has 1 N–H and O–H groups in total. The molecule has 2 aliphatic heterocycles. The number of nitrogens with one attached hydrogen (secondary N) is 1. The van der Waals surface area contributed by atoms with Gasteiger partial charge in [0.05, 0.1) is 11.5 Å². The van der Waals surface area contributed by atoms with E-state index in [2.05, 4.69) is 5.32 Å². The number of hydrogen-bond acceptors (Lipinski definition) is 5. The molecule has 1 amide bonds. The molecule has 0 saturated carbocycles. The highest BCUT2D eigenvalue weighted by Gasteiger charge is 2.29. The van der Waals surface area contributed by atoms with Crippen molar-refractivity contribution in [1.29, 1.82) is 0 Å². The summed E-state index contributed by atoms with van der Waals surface area (Å²) >= 11 is 0. The molecule has 21 heavy (non-hydrogen) atoms. The Balaban J connectivity index is 1.50. The van der Waals surface area contributed by atoms with Gasteiger partial charge in [-0.2, -0.15) is 0 Å². The Morgan fingerprint density at radius 1 is 1.29 bits per heavy atom. The Kier molecular flexibility index (Phi) is 3.75. The molecule has 0 aliphatic carbocycles. The van der Waals surface area contributed by atoms with E-state index in [9.17, 15) is 13.2 Å². The van der Waals surface area contributed by atoms with Crippen molar-refractivity contribution in [3.63, 3.8) is 0 Å². The van der Waals surface area contributed by atoms with Crippen molar-refractivity contribution in [2.24, 2.45) is 5.92 Å². The Morgan fingerprint density at radius 2 is 2.10 bits per heavy atom. The number of fused-ring (bicyclic) bond motifs is 1. The second-order valence-electron chi connectivity index (χ2n) is 5.44. The van der Waals surface area contributed by atoms with Gasteiger partial charge in [-0.3, -0.25) is 4.79 Å². The Hall–Kier alpha value is -1.76. The summed E-state index contributed by atoms with van der Waals surface area (Å²) in [5.74, 6) is 1.56. The van der Waals surface area contributed by atoms with Crippen LogP contribution in [0.4, 0.5) is 0 Å². The average Bonchev–Trinajstić information content (AvgIpc) is 3.02. The third-order valence-corrected chi connectivity index (χ3v) is 5.56. The summed E-state index contributed by atoms with van der Waals surface area (Å²) in [6.07, 6.45) is 0.851. The van der Waals surface area contributed by atoms with Gasteiger partial charge in [-0.1, -0.05) is 6.07 Å². The largest absolute Gasteiger partial charge is 0.454 e. The zero-order chi connectivity index (χ0) is 14.9. The van der Waals surface area contributed by atoms with Crippen molar-refractivity contribution in [3.05, 3.63) is 23.8 Å². The molecule has 1 atom stereocenters. The highest BCUT2D eigenvalue weighted by molar-refractivity contribution is 7.91. The Labute approximate surface area is 123 Å². The lowest BCUT2D eigenvalue weighted by molar-refractivity contribution is -0.122. The fraction of sp³-hybridized carbons (Fsp3) is 0.500. The fourth-order valence-electron chi connectivity index (χ4n) is 2.62. The van der Waals surface area contributed by atoms with Crippen LogP contribution in [0.1, 0.15) is 18.4 Å². The third-order valence-electron chi connectivity index (χ3n) is 3.73. The zero-order valence-electron chi connectivity index (χ0n) is 11.5. The summed E-state index contributed by atoms with van der Waals surface area (Å²) in [5.41, 5.74) is 0.923. The number of hydrogen-bond donors (Lipinski definition) is 1. The van der Waals surface area contributed by atoms with E-state index in [1.165, 1.54) is 0 Å². The lowest BCUT2D eigenvalue weighted by Crippen LogP contribution is -2.25. The number of ether oxygens (including phenoxy) is 2. The van der Waals surface area contributed by atoms with Crippen LogP contribution in [0.5, 0.6) is 11.5 Å². The predicted molar refractivity (Wildman–Crippen MR) is 75.8 cm³/mol. The van der Waals surface area contributed by atoms with Crippen molar-refractivity contribution in [2.45, 2.75) is 19.4 Å². The number of rotatable bonds is 4. The van der Waals surface area contributed by atoms with Crippen LogP contribution in [0.2, 0.25) is 0 Å². The first-order chi connectivity index (χ1) is 10.0. The first kappa shape index (κ1) is 14.2. The summed E-state index contributed by atoms with van der Waals surface area (Å²) < 4.78 is 33.2. The predicted octanol–water partition coefficient (Wildman–Crippen LogP) is 0.856. The average molecular weight is 311 g/mol. The molecule has 1 aromatic carbocycles. The van der Waals surface area contributed by atoms with E-state index >= 15 is 0 Å². The molecular weight excluding hydrogens is 294 g/mol. The maximum absolute atomic E-state index is 11.9. The zero-order valence-corrected chi connectivity index (χ0v) is 12.3. The number of carbonyl (C=O) groups excluding carboxylic acids is 1. The summed E-state index contributed by atoms with van der Waals surface area (Å²) in [6, 6.07) is 5.52. The summed E-state index contributed by atoms with van der Waals surface area (Å²) in [4.78, 5) is 11.9. The normalized spacial score (nSPS) is 22.2. The molecule has 2 aliphatic rings. The van der Waals surface area contributed by atoms with Crippen LogP contribution in [0.15, 0.2) is 18.2 Å². The van der Waals surface area contributed by atoms with Gasteiger partial charge in [0.15, 0.2) is 21.3 Å². The molecule has 1 fully saturated rings. The number of benzene rings is 1. The molecule has 0 aromatic heterocycles. The number of sulfone groups is 1. The molecule has 1 aromatic rings. The van der Waals surface area contributed by atoms with Crippen LogP contribution in [0.3, 0.4) is 0 Å². The molecular formula is C14H17NO5S. The van der Waals surface area contributed by atoms with E-state index in [1.807, 2.05) is 18.2 Å². The minimum Gasteiger partial charge on any atom is -0.454 e. The van der Waals surface area contributed by atoms with Crippen molar-refractivity contribution in [1.82, 2.24) is 5.32 Å². The topological polar surface area (TPSA) is 81.7 Å².